The van der Waals surface area contributed by atoms with Crippen molar-refractivity contribution in [2.24, 2.45) is 0 Å². The third-order valence-corrected chi connectivity index (χ3v) is 8.99. The van der Waals surface area contributed by atoms with Crippen molar-refractivity contribution in [3.8, 4) is 0 Å². The summed E-state index contributed by atoms with van der Waals surface area (Å²) < 4.78 is 51.6. The number of rotatable bonds is 7. The molecule has 1 heterocycles. The first-order valence-electron chi connectivity index (χ1n) is 9.05. The van der Waals surface area contributed by atoms with Crippen LogP contribution in [0.5, 0.6) is 0 Å². The zero-order chi connectivity index (χ0) is 20.2. The molecule has 1 aliphatic heterocycles. The first-order chi connectivity index (χ1) is 13.3. The summed E-state index contributed by atoms with van der Waals surface area (Å²) in [4.78, 5) is 2.56. The Balaban J connectivity index is 1.52. The number of nitrogens with zero attached hydrogens (tertiary/aromatic N) is 2. The minimum absolute atomic E-state index is 0.0785. The van der Waals surface area contributed by atoms with Gasteiger partial charge in [-0.3, -0.25) is 0 Å². The molecule has 0 amide bonds. The number of sulfone groups is 1. The number of sulfonamides is 1. The van der Waals surface area contributed by atoms with Crippen LogP contribution in [0.3, 0.4) is 0 Å². The Morgan fingerprint density at radius 3 is 2.07 bits per heavy atom. The fourth-order valence-corrected chi connectivity index (χ4v) is 6.44. The summed E-state index contributed by atoms with van der Waals surface area (Å²) in [5.41, 5.74) is 0. The van der Waals surface area contributed by atoms with E-state index in [-0.39, 0.29) is 15.7 Å². The summed E-state index contributed by atoms with van der Waals surface area (Å²) >= 11 is 6.05. The van der Waals surface area contributed by atoms with Crippen LogP contribution in [0.2, 0.25) is 5.02 Å². The van der Waals surface area contributed by atoms with E-state index in [0.29, 0.717) is 44.0 Å². The van der Waals surface area contributed by atoms with Gasteiger partial charge in [0.15, 0.2) is 9.84 Å². The molecule has 0 bridgehead atoms. The summed E-state index contributed by atoms with van der Waals surface area (Å²) in [5.74, 6) is 0.0785. The van der Waals surface area contributed by atoms with Crippen molar-refractivity contribution in [1.29, 1.82) is 0 Å². The molecule has 1 fully saturated rings. The number of benzene rings is 2. The lowest BCUT2D eigenvalue weighted by Crippen LogP contribution is -2.48. The van der Waals surface area contributed by atoms with Gasteiger partial charge >= 0.3 is 0 Å². The molecule has 1 saturated heterocycles. The van der Waals surface area contributed by atoms with Gasteiger partial charge in [-0.15, -0.1) is 0 Å². The summed E-state index contributed by atoms with van der Waals surface area (Å²) in [6.07, 6.45) is 0.508. The summed E-state index contributed by atoms with van der Waals surface area (Å²) in [7, 11) is -6.90. The third kappa shape index (κ3) is 4.93. The average Bonchev–Trinajstić information content (AvgIpc) is 2.69. The van der Waals surface area contributed by atoms with E-state index in [1.807, 2.05) is 0 Å². The molecule has 28 heavy (non-hydrogen) atoms. The Morgan fingerprint density at radius 1 is 0.821 bits per heavy atom. The van der Waals surface area contributed by atoms with Gasteiger partial charge in [-0.1, -0.05) is 41.9 Å². The predicted molar refractivity (Wildman–Crippen MR) is 110 cm³/mol. The van der Waals surface area contributed by atoms with Crippen molar-refractivity contribution >= 4 is 31.5 Å². The monoisotopic (exact) mass is 442 g/mol. The Bertz CT molecular complexity index is 1000. The third-order valence-electron chi connectivity index (χ3n) is 4.78. The molecule has 6 nitrogen and oxygen atoms in total. The summed E-state index contributed by atoms with van der Waals surface area (Å²) in [6.45, 7) is 2.47. The Morgan fingerprint density at radius 2 is 1.43 bits per heavy atom. The minimum atomic E-state index is -3.62. The molecule has 0 atom stereocenters. The van der Waals surface area contributed by atoms with Crippen LogP contribution in [0.15, 0.2) is 64.4 Å². The van der Waals surface area contributed by atoms with Crippen LogP contribution in [0.25, 0.3) is 0 Å². The standard InChI is InChI=1S/C19H23ClN2O4S2/c20-18-9-4-5-10-19(18)28(25,26)22-14-12-21(13-15-22)11-6-16-27(23,24)17-7-2-1-3-8-17/h1-5,7-10H,6,11-16H2. The lowest BCUT2D eigenvalue weighted by Gasteiger charge is -2.34. The van der Waals surface area contributed by atoms with E-state index in [0.717, 1.165) is 0 Å². The number of piperazine rings is 1. The van der Waals surface area contributed by atoms with Crippen molar-refractivity contribution < 1.29 is 16.8 Å². The van der Waals surface area contributed by atoms with Crippen LogP contribution in [-0.2, 0) is 19.9 Å². The van der Waals surface area contributed by atoms with E-state index in [1.165, 1.54) is 10.4 Å². The van der Waals surface area contributed by atoms with Gasteiger partial charge in [0.1, 0.15) is 4.90 Å². The highest BCUT2D eigenvalue weighted by molar-refractivity contribution is 7.91. The van der Waals surface area contributed by atoms with Gasteiger partial charge in [0, 0.05) is 26.2 Å². The fourth-order valence-electron chi connectivity index (χ4n) is 3.21. The molecule has 3 rings (SSSR count). The zero-order valence-corrected chi connectivity index (χ0v) is 17.8. The van der Waals surface area contributed by atoms with Gasteiger partial charge in [0.25, 0.3) is 0 Å². The molecule has 0 saturated carbocycles. The summed E-state index contributed by atoms with van der Waals surface area (Å²) in [5, 5.41) is 0.219. The maximum absolute atomic E-state index is 12.8. The highest BCUT2D eigenvalue weighted by atomic mass is 35.5. The molecule has 0 radical (unpaired) electrons. The molecule has 0 aromatic heterocycles. The van der Waals surface area contributed by atoms with Crippen molar-refractivity contribution in [2.75, 3.05) is 38.5 Å². The van der Waals surface area contributed by atoms with Crippen molar-refractivity contribution in [3.63, 3.8) is 0 Å². The van der Waals surface area contributed by atoms with Crippen molar-refractivity contribution in [3.05, 3.63) is 59.6 Å². The summed E-state index contributed by atoms with van der Waals surface area (Å²) in [6, 6.07) is 14.9. The van der Waals surface area contributed by atoms with Crippen LogP contribution in [0.4, 0.5) is 0 Å². The van der Waals surface area contributed by atoms with E-state index in [9.17, 15) is 16.8 Å². The second-order valence-corrected chi connectivity index (χ2v) is 11.1. The van der Waals surface area contributed by atoms with Gasteiger partial charge in [0.2, 0.25) is 10.0 Å². The molecule has 1 aliphatic rings. The first kappa shape index (κ1) is 21.3. The second kappa shape index (κ2) is 8.92. The smallest absolute Gasteiger partial charge is 0.244 e. The lowest BCUT2D eigenvalue weighted by molar-refractivity contribution is 0.189. The van der Waals surface area contributed by atoms with Crippen LogP contribution < -0.4 is 0 Å². The first-order valence-corrected chi connectivity index (χ1v) is 12.5. The molecule has 2 aromatic carbocycles. The lowest BCUT2D eigenvalue weighted by atomic mass is 10.3. The SMILES string of the molecule is O=S(=O)(CCCN1CCN(S(=O)(=O)c2ccccc2Cl)CC1)c1ccccc1. The normalized spacial score (nSPS) is 16.9. The fraction of sp³-hybridized carbons (Fsp3) is 0.368. The van der Waals surface area contributed by atoms with Crippen LogP contribution in [0, 0.1) is 0 Å². The van der Waals surface area contributed by atoms with E-state index in [4.69, 9.17) is 11.6 Å². The molecule has 0 unspecified atom stereocenters. The largest absolute Gasteiger partial charge is 0.301 e. The average molecular weight is 443 g/mol. The highest BCUT2D eigenvalue weighted by Gasteiger charge is 2.29. The van der Waals surface area contributed by atoms with Crippen molar-refractivity contribution in [1.82, 2.24) is 9.21 Å². The maximum Gasteiger partial charge on any atom is 0.244 e. The van der Waals surface area contributed by atoms with Crippen LogP contribution in [-0.4, -0.2) is 64.5 Å². The van der Waals surface area contributed by atoms with Gasteiger partial charge in [-0.05, 0) is 37.2 Å². The van der Waals surface area contributed by atoms with Crippen LogP contribution in [0.1, 0.15) is 6.42 Å². The molecular weight excluding hydrogens is 420 g/mol. The van der Waals surface area contributed by atoms with Gasteiger partial charge in [-0.2, -0.15) is 4.31 Å². The molecule has 9 heteroatoms. The maximum atomic E-state index is 12.8. The number of hydrogen-bond acceptors (Lipinski definition) is 5. The van der Waals surface area contributed by atoms with E-state index >= 15 is 0 Å². The molecular formula is C19H23ClN2O4S2. The van der Waals surface area contributed by atoms with Crippen molar-refractivity contribution in [2.45, 2.75) is 16.2 Å². The number of halogens is 1. The Hall–Kier alpha value is -1.45. The topological polar surface area (TPSA) is 74.8 Å². The molecule has 2 aromatic rings. The molecule has 0 spiro atoms. The minimum Gasteiger partial charge on any atom is -0.301 e. The van der Waals surface area contributed by atoms with Gasteiger partial charge < -0.3 is 4.90 Å². The zero-order valence-electron chi connectivity index (χ0n) is 15.4. The highest BCUT2D eigenvalue weighted by Crippen LogP contribution is 2.25. The molecule has 0 N–H and O–H groups in total. The van der Waals surface area contributed by atoms with E-state index in [2.05, 4.69) is 4.90 Å². The predicted octanol–water partition coefficient (Wildman–Crippen LogP) is 2.51. The van der Waals surface area contributed by atoms with Gasteiger partial charge in [-0.25, -0.2) is 16.8 Å². The Labute approximate surface area is 171 Å². The van der Waals surface area contributed by atoms with E-state index in [1.54, 1.807) is 48.5 Å². The molecule has 0 aliphatic carbocycles. The van der Waals surface area contributed by atoms with Crippen LogP contribution >= 0.6 is 11.6 Å². The quantitative estimate of drug-likeness (QED) is 0.658. The Kier molecular flexibility index (Phi) is 6.77. The number of hydrogen-bond donors (Lipinski definition) is 0. The second-order valence-electron chi connectivity index (χ2n) is 6.66. The molecule has 152 valence electrons. The van der Waals surface area contributed by atoms with E-state index < -0.39 is 19.9 Å². The van der Waals surface area contributed by atoms with Gasteiger partial charge in [0.05, 0.1) is 15.7 Å².